The van der Waals surface area contributed by atoms with Crippen LogP contribution in [0.4, 0.5) is 8.78 Å². The number of carbonyl (C=O) groups excluding carboxylic acids is 2. The van der Waals surface area contributed by atoms with Gasteiger partial charge in [0.1, 0.15) is 23.1 Å². The van der Waals surface area contributed by atoms with Crippen LogP contribution >= 0.6 is 0 Å². The predicted octanol–water partition coefficient (Wildman–Crippen LogP) is 6.08. The van der Waals surface area contributed by atoms with Crippen LogP contribution in [0.2, 0.25) is 0 Å². The first-order valence-corrected chi connectivity index (χ1v) is 15.1. The smallest absolute Gasteiger partial charge is 0.258 e. The number of methoxy groups -OCH3 is 2. The maximum atomic E-state index is 14.9. The van der Waals surface area contributed by atoms with E-state index in [1.54, 1.807) is 36.2 Å². The lowest BCUT2D eigenvalue weighted by molar-refractivity contribution is -0.132. The molecule has 0 spiro atoms. The second-order valence-corrected chi connectivity index (χ2v) is 12.8. The molecule has 4 aromatic rings. The van der Waals surface area contributed by atoms with Crippen LogP contribution in [0.15, 0.2) is 60.7 Å². The van der Waals surface area contributed by atoms with Gasteiger partial charge in [-0.15, -0.1) is 0 Å². The van der Waals surface area contributed by atoms with Crippen molar-refractivity contribution in [1.29, 1.82) is 0 Å². The topological polar surface area (TPSA) is 84.9 Å². The van der Waals surface area contributed by atoms with Gasteiger partial charge in [-0.3, -0.25) is 9.59 Å². The van der Waals surface area contributed by atoms with Gasteiger partial charge in [-0.1, -0.05) is 30.3 Å². The van der Waals surface area contributed by atoms with E-state index in [2.05, 4.69) is 23.8 Å². The minimum atomic E-state index is -0.790. The van der Waals surface area contributed by atoms with Crippen molar-refractivity contribution in [1.82, 2.24) is 19.8 Å². The molecule has 2 aliphatic heterocycles. The van der Waals surface area contributed by atoms with Gasteiger partial charge in [-0.2, -0.15) is 0 Å². The summed E-state index contributed by atoms with van der Waals surface area (Å²) in [5.41, 5.74) is 2.29. The Morgan fingerprint density at radius 1 is 0.891 bits per heavy atom. The number of fused-ring (bicyclic) bond motifs is 1. The molecule has 238 valence electrons. The van der Waals surface area contributed by atoms with Crippen LogP contribution in [-0.4, -0.2) is 58.4 Å². The maximum Gasteiger partial charge on any atom is 0.258 e. The zero-order chi connectivity index (χ0) is 33.0. The first-order chi connectivity index (χ1) is 21.9. The third-order valence-electron chi connectivity index (χ3n) is 9.38. The summed E-state index contributed by atoms with van der Waals surface area (Å²) in [6, 6.07) is 16.7. The molecule has 3 aromatic carbocycles. The summed E-state index contributed by atoms with van der Waals surface area (Å²) < 4.78 is 40.7. The largest absolute Gasteiger partial charge is 0.497 e. The summed E-state index contributed by atoms with van der Waals surface area (Å²) in [5.74, 6) is -0.735. The quantitative estimate of drug-likeness (QED) is 0.236. The van der Waals surface area contributed by atoms with Gasteiger partial charge in [-0.05, 0) is 62.6 Å². The molecule has 1 aromatic heterocycles. The van der Waals surface area contributed by atoms with Crippen molar-refractivity contribution in [3.8, 4) is 22.9 Å². The van der Waals surface area contributed by atoms with E-state index in [4.69, 9.17) is 9.47 Å². The number of rotatable bonds is 8. The summed E-state index contributed by atoms with van der Waals surface area (Å²) in [6.45, 7) is 6.43. The monoisotopic (exact) mass is 626 g/mol. The summed E-state index contributed by atoms with van der Waals surface area (Å²) in [4.78, 5) is 39.7. The number of halogens is 2. The van der Waals surface area contributed by atoms with Gasteiger partial charge >= 0.3 is 0 Å². The molecule has 0 saturated carbocycles. The van der Waals surface area contributed by atoms with E-state index in [0.29, 0.717) is 34.9 Å². The fourth-order valence-electron chi connectivity index (χ4n) is 6.71. The molecule has 46 heavy (non-hydrogen) atoms. The summed E-state index contributed by atoms with van der Waals surface area (Å²) >= 11 is 0. The number of likely N-dealkylation sites (tertiary alicyclic amines) is 1. The van der Waals surface area contributed by atoms with Crippen molar-refractivity contribution < 1.29 is 27.8 Å². The standard InChI is InChI=1S/C36H36F2N4O4/c1-35(2)20-36(3,34(44)41(35)4)23-13-10-21(11-14-23)16-27-31-28(40-32(39-27)30-25(37)8-7-9-26(30)38)19-42(33(31)43)18-22-12-15-24(45-5)17-29(22)46-6/h7-15,17H,16,18-20H2,1-6H3. The molecule has 1 atom stereocenters. The number of carbonyl (C=O) groups is 2. The highest BCUT2D eigenvalue weighted by atomic mass is 19.1. The molecule has 6 rings (SSSR count). The lowest BCUT2D eigenvalue weighted by atomic mass is 9.77. The number of hydrogen-bond acceptors (Lipinski definition) is 6. The molecule has 0 aliphatic carbocycles. The minimum Gasteiger partial charge on any atom is -0.497 e. The Morgan fingerprint density at radius 2 is 1.59 bits per heavy atom. The summed E-state index contributed by atoms with van der Waals surface area (Å²) in [5, 5.41) is 0. The molecule has 2 aliphatic rings. The Labute approximate surface area is 267 Å². The number of ether oxygens (including phenoxy) is 2. The lowest BCUT2D eigenvalue weighted by Crippen LogP contribution is -2.38. The second-order valence-electron chi connectivity index (χ2n) is 12.8. The molecule has 1 saturated heterocycles. The van der Waals surface area contributed by atoms with Crippen LogP contribution in [0.3, 0.4) is 0 Å². The Kier molecular flexibility index (Phi) is 7.78. The summed E-state index contributed by atoms with van der Waals surface area (Å²) in [6.07, 6.45) is 0.894. The van der Waals surface area contributed by atoms with Crippen LogP contribution in [0.1, 0.15) is 65.6 Å². The zero-order valence-electron chi connectivity index (χ0n) is 26.8. The lowest BCUT2D eigenvalue weighted by Gasteiger charge is -2.26. The van der Waals surface area contributed by atoms with E-state index in [1.807, 2.05) is 44.3 Å². The van der Waals surface area contributed by atoms with Gasteiger partial charge in [-0.25, -0.2) is 18.7 Å². The molecule has 0 N–H and O–H groups in total. The Bertz CT molecular complexity index is 1840. The molecule has 8 nitrogen and oxygen atoms in total. The van der Waals surface area contributed by atoms with Crippen molar-refractivity contribution in [2.24, 2.45) is 0 Å². The average molecular weight is 627 g/mol. The normalized spacial score (nSPS) is 18.7. The molecular weight excluding hydrogens is 590 g/mol. The van der Waals surface area contributed by atoms with Gasteiger partial charge in [0.05, 0.1) is 55.2 Å². The number of amides is 2. The molecule has 10 heteroatoms. The van der Waals surface area contributed by atoms with Gasteiger partial charge < -0.3 is 19.3 Å². The molecule has 2 amide bonds. The maximum absolute atomic E-state index is 14.9. The van der Waals surface area contributed by atoms with E-state index >= 15 is 0 Å². The van der Waals surface area contributed by atoms with Crippen LogP contribution in [0.25, 0.3) is 11.4 Å². The fourth-order valence-corrected chi connectivity index (χ4v) is 6.71. The Balaban J connectivity index is 1.37. The molecule has 0 bridgehead atoms. The van der Waals surface area contributed by atoms with Gasteiger partial charge in [0.2, 0.25) is 5.91 Å². The Hall–Kier alpha value is -4.86. The molecule has 3 heterocycles. The molecule has 1 unspecified atom stereocenters. The van der Waals surface area contributed by atoms with Crippen LogP contribution < -0.4 is 9.47 Å². The fraction of sp³-hybridized carbons (Fsp3) is 0.333. The predicted molar refractivity (Wildman–Crippen MR) is 169 cm³/mol. The first-order valence-electron chi connectivity index (χ1n) is 15.1. The SMILES string of the molecule is COc1ccc(CN2Cc3nc(-c4c(F)cccc4F)nc(Cc4ccc(C5(C)CC(C)(C)N(C)C5=O)cc4)c3C2=O)c(OC)c1. The van der Waals surface area contributed by atoms with E-state index in [1.165, 1.54) is 6.07 Å². The highest BCUT2D eigenvalue weighted by Crippen LogP contribution is 2.44. The zero-order valence-corrected chi connectivity index (χ0v) is 26.8. The van der Waals surface area contributed by atoms with E-state index in [0.717, 1.165) is 28.8 Å². The minimum absolute atomic E-state index is 0.0644. The number of aromatic nitrogens is 2. The highest BCUT2D eigenvalue weighted by Gasteiger charge is 2.51. The second kappa shape index (κ2) is 11.5. The van der Waals surface area contributed by atoms with Crippen molar-refractivity contribution in [3.63, 3.8) is 0 Å². The van der Waals surface area contributed by atoms with E-state index < -0.39 is 17.0 Å². The molecule has 0 radical (unpaired) electrons. The highest BCUT2D eigenvalue weighted by molar-refractivity contribution is 5.99. The Morgan fingerprint density at radius 3 is 2.20 bits per heavy atom. The van der Waals surface area contributed by atoms with Crippen LogP contribution in [-0.2, 0) is 29.7 Å². The van der Waals surface area contributed by atoms with Gasteiger partial charge in [0, 0.05) is 30.6 Å². The van der Waals surface area contributed by atoms with Crippen molar-refractivity contribution in [3.05, 3.63) is 106 Å². The van der Waals surface area contributed by atoms with Crippen LogP contribution in [0.5, 0.6) is 11.5 Å². The van der Waals surface area contributed by atoms with E-state index in [9.17, 15) is 18.4 Å². The van der Waals surface area contributed by atoms with Crippen molar-refractivity contribution in [2.45, 2.75) is 57.7 Å². The van der Waals surface area contributed by atoms with Crippen LogP contribution in [0, 0.1) is 11.6 Å². The molecule has 1 fully saturated rings. The first kappa shape index (κ1) is 31.1. The van der Waals surface area contributed by atoms with Crippen molar-refractivity contribution in [2.75, 3.05) is 21.3 Å². The van der Waals surface area contributed by atoms with Gasteiger partial charge in [0.15, 0.2) is 5.82 Å². The third kappa shape index (κ3) is 5.25. The summed E-state index contributed by atoms with van der Waals surface area (Å²) in [7, 11) is 4.94. The third-order valence-corrected chi connectivity index (χ3v) is 9.38. The number of nitrogens with zero attached hydrogens (tertiary/aromatic N) is 4. The number of benzene rings is 3. The molecular formula is C36H36F2N4O4. The number of likely N-dealkylation sites (N-methyl/N-ethyl adjacent to an activating group) is 1. The number of hydrogen-bond donors (Lipinski definition) is 0. The average Bonchev–Trinajstić information content (AvgIpc) is 3.42. The van der Waals surface area contributed by atoms with Crippen molar-refractivity contribution >= 4 is 11.8 Å². The van der Waals surface area contributed by atoms with Gasteiger partial charge in [0.25, 0.3) is 5.91 Å². The van der Waals surface area contributed by atoms with E-state index in [-0.39, 0.29) is 48.3 Å².